The fourth-order valence-corrected chi connectivity index (χ4v) is 2.60. The Labute approximate surface area is 188 Å². The van der Waals surface area contributed by atoms with Gasteiger partial charge < -0.3 is 45.7 Å². The molecule has 0 aliphatic heterocycles. The first-order valence-electron chi connectivity index (χ1n) is 7.94. The summed E-state index contributed by atoms with van der Waals surface area (Å²) in [6, 6.07) is 15.6. The smallest absolute Gasteiger partial charge is 0.350 e. The van der Waals surface area contributed by atoms with Gasteiger partial charge in [0.15, 0.2) is 10.6 Å². The van der Waals surface area contributed by atoms with Crippen molar-refractivity contribution in [1.82, 2.24) is 19.9 Å². The highest BCUT2D eigenvalue weighted by atomic mass is 127. The summed E-state index contributed by atoms with van der Waals surface area (Å²) in [5, 5.41) is 3.57. The zero-order valence-electron chi connectivity index (χ0n) is 14.9. The number of H-pyrrole nitrogens is 2. The van der Waals surface area contributed by atoms with Gasteiger partial charge in [-0.25, -0.2) is 9.98 Å². The summed E-state index contributed by atoms with van der Waals surface area (Å²) in [6.07, 6.45) is 1.91. The molecule has 146 valence electrons. The minimum Gasteiger partial charge on any atom is -1.00 e. The molecule has 0 saturated heterocycles. The van der Waals surface area contributed by atoms with E-state index in [0.717, 1.165) is 22.1 Å². The second-order valence-electron chi connectivity index (χ2n) is 5.39. The monoisotopic (exact) mass is 526 g/mol. The van der Waals surface area contributed by atoms with Gasteiger partial charge >= 0.3 is 5.95 Å². The fourth-order valence-electron chi connectivity index (χ4n) is 2.31. The van der Waals surface area contributed by atoms with Gasteiger partial charge in [-0.1, -0.05) is 36.0 Å². The number of hydrogen-bond donors (Lipinski definition) is 6. The SMILES string of the molecule is CSC(N)=[NH+]c1nc2ccccc2[nH]1.NC(=S)Nc1nc2ccccc2[nH]1.[I-]. The lowest BCUT2D eigenvalue weighted by Gasteiger charge is -1.95. The van der Waals surface area contributed by atoms with E-state index in [1.807, 2.05) is 54.8 Å². The summed E-state index contributed by atoms with van der Waals surface area (Å²) >= 11 is 6.14. The summed E-state index contributed by atoms with van der Waals surface area (Å²) in [5.41, 5.74) is 14.7. The first-order valence-corrected chi connectivity index (χ1v) is 9.58. The molecule has 28 heavy (non-hydrogen) atoms. The highest BCUT2D eigenvalue weighted by molar-refractivity contribution is 8.12. The quantitative estimate of drug-likeness (QED) is 0.0784. The third-order valence-electron chi connectivity index (χ3n) is 3.48. The molecular formula is C17H19IN8S2. The number of anilines is 1. The van der Waals surface area contributed by atoms with Crippen LogP contribution in [0.5, 0.6) is 0 Å². The first kappa shape index (κ1) is 21.9. The van der Waals surface area contributed by atoms with Crippen LogP contribution in [-0.4, -0.2) is 36.5 Å². The van der Waals surface area contributed by atoms with E-state index in [2.05, 4.69) is 42.5 Å². The highest BCUT2D eigenvalue weighted by Crippen LogP contribution is 2.12. The number of thiocarbonyl (C=S) groups is 1. The molecule has 8 N–H and O–H groups in total. The highest BCUT2D eigenvalue weighted by Gasteiger charge is 2.06. The Balaban J connectivity index is 0.000000194. The molecule has 0 spiro atoms. The number of hydrogen-bond acceptors (Lipinski definition) is 4. The average Bonchev–Trinajstić information content (AvgIpc) is 3.23. The van der Waals surface area contributed by atoms with Gasteiger partial charge in [0.05, 0.1) is 11.0 Å². The number of amidine groups is 1. The van der Waals surface area contributed by atoms with E-state index in [0.29, 0.717) is 17.1 Å². The summed E-state index contributed by atoms with van der Waals surface area (Å²) in [4.78, 5) is 17.7. The second-order valence-corrected chi connectivity index (χ2v) is 6.68. The minimum atomic E-state index is 0. The predicted molar refractivity (Wildman–Crippen MR) is 116 cm³/mol. The zero-order chi connectivity index (χ0) is 19.2. The van der Waals surface area contributed by atoms with Crippen LogP contribution in [-0.2, 0) is 0 Å². The van der Waals surface area contributed by atoms with E-state index in [4.69, 9.17) is 11.5 Å². The normalized spacial score (nSPS) is 10.8. The van der Waals surface area contributed by atoms with E-state index < -0.39 is 0 Å². The van der Waals surface area contributed by atoms with Gasteiger partial charge in [-0.05, 0) is 42.7 Å². The summed E-state index contributed by atoms with van der Waals surface area (Å²) in [6.45, 7) is 0. The Bertz CT molecular complexity index is 1040. The third kappa shape index (κ3) is 5.81. The molecule has 0 bridgehead atoms. The van der Waals surface area contributed by atoms with E-state index in [1.54, 1.807) is 0 Å². The van der Waals surface area contributed by atoms with E-state index in [1.165, 1.54) is 11.8 Å². The van der Waals surface area contributed by atoms with Crippen molar-refractivity contribution in [2.75, 3.05) is 11.6 Å². The summed E-state index contributed by atoms with van der Waals surface area (Å²) in [5.74, 6) is 1.26. The standard InChI is InChI=1S/C9H10N4S.C8H8N4S.HI/c1-14-8(10)13-9-11-6-4-2-3-5-7(6)12-9;9-7(13)12-8-10-5-3-1-2-4-6(5)11-8;/h2-5H,1H3,(H3,10,11,12,13);1-4H,(H4,9,10,11,12,13);1H. The van der Waals surface area contributed by atoms with Crippen LogP contribution in [0.2, 0.25) is 0 Å². The number of rotatable bonds is 2. The molecular weight excluding hydrogens is 507 g/mol. The number of fused-ring (bicyclic) bond motifs is 2. The maximum atomic E-state index is 5.64. The molecule has 2 heterocycles. The van der Waals surface area contributed by atoms with Crippen molar-refractivity contribution in [2.24, 2.45) is 11.5 Å². The number of nitrogens with zero attached hydrogens (tertiary/aromatic N) is 2. The maximum Gasteiger partial charge on any atom is 0.350 e. The molecule has 8 nitrogen and oxygen atoms in total. The molecule has 2 aromatic carbocycles. The lowest BCUT2D eigenvalue weighted by Crippen LogP contribution is -3.00. The van der Waals surface area contributed by atoms with Crippen molar-refractivity contribution in [3.05, 3.63) is 48.5 Å². The van der Waals surface area contributed by atoms with Gasteiger partial charge in [-0.2, -0.15) is 0 Å². The number of imidazole rings is 2. The van der Waals surface area contributed by atoms with Crippen LogP contribution in [0.4, 0.5) is 11.9 Å². The fraction of sp³-hybridized carbons (Fsp3) is 0.0588. The number of benzene rings is 2. The molecule has 0 aliphatic carbocycles. The Morgan fingerprint density at radius 2 is 1.57 bits per heavy atom. The van der Waals surface area contributed by atoms with Crippen LogP contribution < -0.4 is 45.8 Å². The molecule has 0 atom stereocenters. The Morgan fingerprint density at radius 1 is 1.00 bits per heavy atom. The molecule has 0 fully saturated rings. The number of aromatic amines is 2. The average molecular weight is 526 g/mol. The second kappa shape index (κ2) is 10.2. The molecule has 0 unspecified atom stereocenters. The van der Waals surface area contributed by atoms with Gasteiger partial charge in [-0.15, -0.1) is 4.98 Å². The maximum absolute atomic E-state index is 5.64. The van der Waals surface area contributed by atoms with E-state index >= 15 is 0 Å². The number of aromatic nitrogens is 4. The molecule has 2 aromatic heterocycles. The topological polar surface area (TPSA) is 135 Å². The number of thioether (sulfide) groups is 1. The van der Waals surface area contributed by atoms with Gasteiger partial charge in [0.2, 0.25) is 11.1 Å². The Hall–Kier alpha value is -2.38. The molecule has 0 radical (unpaired) electrons. The number of halogens is 1. The van der Waals surface area contributed by atoms with Crippen LogP contribution in [0.3, 0.4) is 0 Å². The third-order valence-corrected chi connectivity index (χ3v) is 4.13. The zero-order valence-corrected chi connectivity index (χ0v) is 18.7. The minimum absolute atomic E-state index is 0. The van der Waals surface area contributed by atoms with Crippen molar-refractivity contribution in [3.8, 4) is 0 Å². The van der Waals surface area contributed by atoms with Crippen molar-refractivity contribution in [2.45, 2.75) is 0 Å². The van der Waals surface area contributed by atoms with Crippen molar-refractivity contribution in [3.63, 3.8) is 0 Å². The first-order chi connectivity index (χ1) is 13.0. The summed E-state index contributed by atoms with van der Waals surface area (Å²) in [7, 11) is 0. The van der Waals surface area contributed by atoms with E-state index in [9.17, 15) is 0 Å². The Kier molecular flexibility index (Phi) is 8.02. The van der Waals surface area contributed by atoms with Gasteiger partial charge in [0, 0.05) is 0 Å². The van der Waals surface area contributed by atoms with Crippen LogP contribution in [0, 0.1) is 0 Å². The van der Waals surface area contributed by atoms with Gasteiger partial charge in [-0.3, -0.25) is 4.98 Å². The van der Waals surface area contributed by atoms with Gasteiger partial charge in [0.25, 0.3) is 0 Å². The van der Waals surface area contributed by atoms with Gasteiger partial charge in [0.1, 0.15) is 5.52 Å². The van der Waals surface area contributed by atoms with Crippen molar-refractivity contribution >= 4 is 68.2 Å². The Morgan fingerprint density at radius 3 is 2.11 bits per heavy atom. The van der Waals surface area contributed by atoms with Crippen LogP contribution in [0.15, 0.2) is 48.5 Å². The molecule has 0 aliphatic rings. The van der Waals surface area contributed by atoms with Crippen LogP contribution in [0.1, 0.15) is 0 Å². The largest absolute Gasteiger partial charge is 1.00 e. The molecule has 0 amide bonds. The van der Waals surface area contributed by atoms with Crippen molar-refractivity contribution < 1.29 is 29.0 Å². The lowest BCUT2D eigenvalue weighted by atomic mass is 10.3. The van der Waals surface area contributed by atoms with Crippen LogP contribution in [0.25, 0.3) is 22.1 Å². The summed E-state index contributed by atoms with van der Waals surface area (Å²) < 4.78 is 0. The molecule has 4 aromatic rings. The number of nitrogens with two attached hydrogens (primary N) is 2. The molecule has 4 rings (SSSR count). The lowest BCUT2D eigenvalue weighted by molar-refractivity contribution is -0.360. The predicted octanol–water partition coefficient (Wildman–Crippen LogP) is -1.82. The van der Waals surface area contributed by atoms with Crippen molar-refractivity contribution in [1.29, 1.82) is 0 Å². The number of nitrogens with one attached hydrogen (secondary N) is 4. The molecule has 0 saturated carbocycles. The number of para-hydroxylation sites is 4. The van der Waals surface area contributed by atoms with E-state index in [-0.39, 0.29) is 29.1 Å². The molecule has 11 heteroatoms. The van der Waals surface area contributed by atoms with Crippen LogP contribution >= 0.6 is 24.0 Å².